The minimum absolute atomic E-state index is 0. The van der Waals surface area contributed by atoms with Crippen molar-refractivity contribution in [2.24, 2.45) is 0 Å². The van der Waals surface area contributed by atoms with Gasteiger partial charge in [0.2, 0.25) is 0 Å². The van der Waals surface area contributed by atoms with Crippen molar-refractivity contribution >= 4 is 0 Å². The molecule has 3 nitrogen and oxygen atoms in total. The number of piperidine rings is 1. The fourth-order valence-corrected chi connectivity index (χ4v) is 3.06. The molecule has 1 fully saturated rings. The Morgan fingerprint density at radius 1 is 1.00 bits per heavy atom. The molecule has 0 N–H and O–H groups in total. The molecule has 0 amide bonds. The van der Waals surface area contributed by atoms with E-state index in [2.05, 4.69) is 25.2 Å². The number of rotatable bonds is 2. The third kappa shape index (κ3) is 3.34. The molecule has 2 heterocycles. The number of hydrogen-bond donors (Lipinski definition) is 0. The van der Waals surface area contributed by atoms with E-state index in [0.29, 0.717) is 13.2 Å². The summed E-state index contributed by atoms with van der Waals surface area (Å²) >= 11 is 0. The molecule has 19 heavy (non-hydrogen) atoms. The highest BCUT2D eigenvalue weighted by molar-refractivity contribution is 5.43. The molecule has 106 valence electrons. The van der Waals surface area contributed by atoms with Gasteiger partial charge in [0.1, 0.15) is 19.8 Å². The van der Waals surface area contributed by atoms with Crippen LogP contribution in [0.3, 0.4) is 0 Å². The molecule has 0 saturated carbocycles. The zero-order valence-electron chi connectivity index (χ0n) is 11.5. The average Bonchev–Trinajstić information content (AvgIpc) is 2.39. The molecule has 0 aromatic heterocycles. The molecule has 3 rings (SSSR count). The number of quaternary nitrogens is 1. The first-order valence-electron chi connectivity index (χ1n) is 6.97. The van der Waals surface area contributed by atoms with Gasteiger partial charge in [0.25, 0.3) is 0 Å². The van der Waals surface area contributed by atoms with Gasteiger partial charge in [0, 0.05) is 5.56 Å². The van der Waals surface area contributed by atoms with Crippen LogP contribution < -0.4 is 21.9 Å². The summed E-state index contributed by atoms with van der Waals surface area (Å²) in [5.74, 6) is 1.81. The minimum Gasteiger partial charge on any atom is -1.00 e. The lowest BCUT2D eigenvalue weighted by molar-refractivity contribution is -0.926. The van der Waals surface area contributed by atoms with E-state index in [1.165, 1.54) is 42.4 Å². The van der Waals surface area contributed by atoms with Crippen LogP contribution in [0, 0.1) is 0 Å². The second-order valence-corrected chi connectivity index (χ2v) is 5.76. The summed E-state index contributed by atoms with van der Waals surface area (Å²) in [6.45, 7) is 5.04. The average molecular weight is 284 g/mol. The highest BCUT2D eigenvalue weighted by atomic mass is 35.5. The summed E-state index contributed by atoms with van der Waals surface area (Å²) < 4.78 is 12.4. The van der Waals surface area contributed by atoms with E-state index in [1.807, 2.05) is 0 Å². The predicted molar refractivity (Wildman–Crippen MR) is 70.9 cm³/mol. The number of benzene rings is 1. The van der Waals surface area contributed by atoms with Gasteiger partial charge in [-0.1, -0.05) is 0 Å². The highest BCUT2D eigenvalue weighted by Gasteiger charge is 2.25. The lowest BCUT2D eigenvalue weighted by Gasteiger charge is -2.38. The van der Waals surface area contributed by atoms with Gasteiger partial charge in [-0.05, 0) is 37.5 Å². The Morgan fingerprint density at radius 2 is 1.68 bits per heavy atom. The Morgan fingerprint density at radius 3 is 2.42 bits per heavy atom. The van der Waals surface area contributed by atoms with Crippen LogP contribution in [0.5, 0.6) is 11.5 Å². The van der Waals surface area contributed by atoms with Crippen molar-refractivity contribution in [2.75, 3.05) is 33.4 Å². The van der Waals surface area contributed by atoms with Gasteiger partial charge >= 0.3 is 0 Å². The second kappa shape index (κ2) is 6.02. The van der Waals surface area contributed by atoms with Crippen LogP contribution in [0.2, 0.25) is 0 Å². The quantitative estimate of drug-likeness (QED) is 0.688. The smallest absolute Gasteiger partial charge is 0.161 e. The van der Waals surface area contributed by atoms with Gasteiger partial charge < -0.3 is 26.4 Å². The van der Waals surface area contributed by atoms with Crippen LogP contribution in [-0.2, 0) is 6.54 Å². The van der Waals surface area contributed by atoms with E-state index in [-0.39, 0.29) is 12.4 Å². The van der Waals surface area contributed by atoms with Gasteiger partial charge in [-0.2, -0.15) is 0 Å². The molecule has 1 aromatic carbocycles. The van der Waals surface area contributed by atoms with E-state index in [1.54, 1.807) is 0 Å². The van der Waals surface area contributed by atoms with Crippen LogP contribution in [0.4, 0.5) is 0 Å². The monoisotopic (exact) mass is 283 g/mol. The summed E-state index contributed by atoms with van der Waals surface area (Å²) in [6, 6.07) is 6.40. The largest absolute Gasteiger partial charge is 1.00 e. The van der Waals surface area contributed by atoms with Gasteiger partial charge in [-0.25, -0.2) is 0 Å². The molecule has 1 saturated heterocycles. The summed E-state index contributed by atoms with van der Waals surface area (Å²) in [7, 11) is 2.37. The lowest BCUT2D eigenvalue weighted by atomic mass is 10.1. The molecule has 0 radical (unpaired) electrons. The van der Waals surface area contributed by atoms with Crippen LogP contribution >= 0.6 is 0 Å². The Labute approximate surface area is 121 Å². The maximum absolute atomic E-state index is 5.65. The van der Waals surface area contributed by atoms with E-state index in [9.17, 15) is 0 Å². The number of likely N-dealkylation sites (tertiary alicyclic amines) is 1. The van der Waals surface area contributed by atoms with Crippen molar-refractivity contribution < 1.29 is 26.4 Å². The summed E-state index contributed by atoms with van der Waals surface area (Å²) in [6.07, 6.45) is 4.12. The maximum Gasteiger partial charge on any atom is 0.161 e. The molecule has 4 heteroatoms. The Hall–Kier alpha value is -0.930. The zero-order valence-corrected chi connectivity index (χ0v) is 12.3. The van der Waals surface area contributed by atoms with Crippen LogP contribution in [-0.4, -0.2) is 37.8 Å². The normalized spacial score (nSPS) is 20.5. The summed E-state index contributed by atoms with van der Waals surface area (Å²) in [5.41, 5.74) is 1.36. The minimum atomic E-state index is 0. The van der Waals surface area contributed by atoms with Crippen molar-refractivity contribution in [3.05, 3.63) is 23.8 Å². The molecule has 2 aliphatic heterocycles. The topological polar surface area (TPSA) is 18.5 Å². The first kappa shape index (κ1) is 14.5. The molecule has 0 aliphatic carbocycles. The van der Waals surface area contributed by atoms with Gasteiger partial charge in [0.05, 0.1) is 20.1 Å². The van der Waals surface area contributed by atoms with E-state index >= 15 is 0 Å². The molecule has 1 aromatic rings. The fraction of sp³-hybridized carbons (Fsp3) is 0.600. The Kier molecular flexibility index (Phi) is 4.58. The molecular weight excluding hydrogens is 262 g/mol. The van der Waals surface area contributed by atoms with Gasteiger partial charge in [-0.15, -0.1) is 0 Å². The van der Waals surface area contributed by atoms with Crippen molar-refractivity contribution in [2.45, 2.75) is 25.8 Å². The van der Waals surface area contributed by atoms with Crippen molar-refractivity contribution in [3.63, 3.8) is 0 Å². The molecule has 0 spiro atoms. The third-order valence-electron chi connectivity index (χ3n) is 4.07. The Bertz CT molecular complexity index is 430. The molecular formula is C15H22ClNO2. The predicted octanol–water partition coefficient (Wildman–Crippen LogP) is -0.408. The number of ether oxygens (including phenoxy) is 2. The van der Waals surface area contributed by atoms with Crippen LogP contribution in [0.25, 0.3) is 0 Å². The maximum atomic E-state index is 5.65. The molecule has 0 bridgehead atoms. The summed E-state index contributed by atoms with van der Waals surface area (Å²) in [4.78, 5) is 0. The van der Waals surface area contributed by atoms with Gasteiger partial charge in [-0.3, -0.25) is 0 Å². The first-order valence-corrected chi connectivity index (χ1v) is 6.97. The first-order chi connectivity index (χ1) is 8.75. The molecule has 0 unspecified atom stereocenters. The van der Waals surface area contributed by atoms with E-state index in [4.69, 9.17) is 9.47 Å². The van der Waals surface area contributed by atoms with Crippen molar-refractivity contribution in [1.29, 1.82) is 0 Å². The molecule has 2 aliphatic rings. The van der Waals surface area contributed by atoms with Gasteiger partial charge in [0.15, 0.2) is 11.5 Å². The number of hydrogen-bond acceptors (Lipinski definition) is 2. The van der Waals surface area contributed by atoms with Crippen molar-refractivity contribution in [1.82, 2.24) is 0 Å². The van der Waals surface area contributed by atoms with E-state index in [0.717, 1.165) is 18.0 Å². The molecule has 0 atom stereocenters. The lowest BCUT2D eigenvalue weighted by Crippen LogP contribution is -3.00. The summed E-state index contributed by atoms with van der Waals surface area (Å²) in [5, 5.41) is 0. The number of fused-ring (bicyclic) bond motifs is 1. The Balaban J connectivity index is 0.00000133. The SMILES string of the molecule is C[N+]1(Cc2ccc3c(c2)OCCO3)CCCCC1.[Cl-]. The van der Waals surface area contributed by atoms with Crippen molar-refractivity contribution in [3.8, 4) is 11.5 Å². The third-order valence-corrected chi connectivity index (χ3v) is 4.07. The highest BCUT2D eigenvalue weighted by Crippen LogP contribution is 2.32. The standard InChI is InChI=1S/C15H22NO2.ClH/c1-16(7-3-2-4-8-16)12-13-5-6-14-15(11-13)18-10-9-17-14;/h5-6,11H,2-4,7-10,12H2,1H3;1H/q+1;/p-1. The van der Waals surface area contributed by atoms with Crippen LogP contribution in [0.15, 0.2) is 18.2 Å². The van der Waals surface area contributed by atoms with Crippen LogP contribution in [0.1, 0.15) is 24.8 Å². The number of halogens is 1. The second-order valence-electron chi connectivity index (χ2n) is 5.76. The fourth-order valence-electron chi connectivity index (χ4n) is 3.06. The van der Waals surface area contributed by atoms with E-state index < -0.39 is 0 Å². The number of nitrogens with zero attached hydrogens (tertiary/aromatic N) is 1. The zero-order chi connectivity index (χ0) is 12.4.